The first-order valence-electron chi connectivity index (χ1n) is 8.01. The molecule has 3 rings (SSSR count). The molecule has 1 amide bonds. The van der Waals surface area contributed by atoms with E-state index in [1.54, 1.807) is 24.4 Å². The average Bonchev–Trinajstić information content (AvgIpc) is 2.98. The molecule has 3 heterocycles. The maximum Gasteiger partial charge on any atom is 0.253 e. The van der Waals surface area contributed by atoms with Crippen LogP contribution in [0.5, 0.6) is 0 Å². The molecule has 3 aromatic heterocycles. The Morgan fingerprint density at radius 3 is 2.52 bits per heavy atom. The zero-order chi connectivity index (χ0) is 19.2. The van der Waals surface area contributed by atoms with Crippen molar-refractivity contribution < 1.29 is 4.79 Å². The van der Waals surface area contributed by atoms with Gasteiger partial charge in [-0.25, -0.2) is 4.98 Å². The number of aryl methyl sites for hydroxylation is 1. The van der Waals surface area contributed by atoms with E-state index >= 15 is 0 Å². The maximum atomic E-state index is 12.0. The molecule has 0 aliphatic carbocycles. The van der Waals surface area contributed by atoms with Crippen molar-refractivity contribution in [1.29, 1.82) is 0 Å². The Labute approximate surface area is 170 Å². The highest BCUT2D eigenvalue weighted by Gasteiger charge is 2.13. The van der Waals surface area contributed by atoms with Gasteiger partial charge in [-0.15, -0.1) is 21.5 Å². The fraction of sp³-hybridized carbons (Fsp3) is 0.176. The molecule has 0 fully saturated rings. The second kappa shape index (κ2) is 8.98. The highest BCUT2D eigenvalue weighted by Crippen LogP contribution is 2.30. The molecule has 0 unspecified atom stereocenters. The number of halogens is 2. The molecule has 0 atom stereocenters. The van der Waals surface area contributed by atoms with Gasteiger partial charge in [0.15, 0.2) is 5.82 Å². The topological polar surface area (TPSA) is 91.8 Å². The third-order valence-electron chi connectivity index (χ3n) is 3.45. The van der Waals surface area contributed by atoms with Gasteiger partial charge in [0, 0.05) is 19.3 Å². The lowest BCUT2D eigenvalue weighted by Gasteiger charge is -2.08. The SMILES string of the molecule is Cc1ccnc(Nc2ccc(NCCNC(=O)c3cc(Cl)sc3Cl)nn2)c1. The van der Waals surface area contributed by atoms with Crippen LogP contribution in [-0.4, -0.2) is 34.2 Å². The molecule has 3 aromatic rings. The van der Waals surface area contributed by atoms with Gasteiger partial charge >= 0.3 is 0 Å². The van der Waals surface area contributed by atoms with Crippen LogP contribution in [0.2, 0.25) is 8.67 Å². The number of hydrogen-bond acceptors (Lipinski definition) is 7. The van der Waals surface area contributed by atoms with Crippen LogP contribution in [-0.2, 0) is 0 Å². The minimum Gasteiger partial charge on any atom is -0.367 e. The Hall–Kier alpha value is -2.42. The second-order valence-corrected chi connectivity index (χ2v) is 7.85. The highest BCUT2D eigenvalue weighted by molar-refractivity contribution is 7.20. The number of carbonyl (C=O) groups excluding carboxylic acids is 1. The van der Waals surface area contributed by atoms with Gasteiger partial charge in [0.25, 0.3) is 5.91 Å². The van der Waals surface area contributed by atoms with Crippen molar-refractivity contribution >= 4 is 57.9 Å². The van der Waals surface area contributed by atoms with Crippen molar-refractivity contribution in [1.82, 2.24) is 20.5 Å². The summed E-state index contributed by atoms with van der Waals surface area (Å²) < 4.78 is 0.857. The molecule has 0 radical (unpaired) electrons. The van der Waals surface area contributed by atoms with Gasteiger partial charge in [0.2, 0.25) is 0 Å². The van der Waals surface area contributed by atoms with E-state index in [-0.39, 0.29) is 5.91 Å². The Morgan fingerprint density at radius 1 is 1.07 bits per heavy atom. The van der Waals surface area contributed by atoms with E-state index in [1.165, 1.54) is 0 Å². The first-order valence-corrected chi connectivity index (χ1v) is 9.59. The van der Waals surface area contributed by atoms with Crippen LogP contribution in [0.1, 0.15) is 15.9 Å². The number of nitrogens with zero attached hydrogens (tertiary/aromatic N) is 3. The van der Waals surface area contributed by atoms with E-state index in [9.17, 15) is 4.79 Å². The Kier molecular flexibility index (Phi) is 6.44. The van der Waals surface area contributed by atoms with Gasteiger partial charge in [-0.05, 0) is 42.8 Å². The van der Waals surface area contributed by atoms with Gasteiger partial charge in [-0.3, -0.25) is 4.79 Å². The van der Waals surface area contributed by atoms with E-state index in [4.69, 9.17) is 23.2 Å². The standard InChI is InChI=1S/C17H16Cl2N6OS/c1-10-4-5-20-15(8-10)23-14-3-2-13(24-25-14)21-6-7-22-17(26)11-9-12(18)27-16(11)19/h2-5,8-9H,6-7H2,1H3,(H,21,24)(H,22,26)(H,20,23,25). The summed E-state index contributed by atoms with van der Waals surface area (Å²) in [5.41, 5.74) is 1.48. The van der Waals surface area contributed by atoms with Gasteiger partial charge < -0.3 is 16.0 Å². The van der Waals surface area contributed by atoms with Gasteiger partial charge in [-0.1, -0.05) is 23.2 Å². The van der Waals surface area contributed by atoms with Crippen LogP contribution in [0.25, 0.3) is 0 Å². The summed E-state index contributed by atoms with van der Waals surface area (Å²) in [5, 5.41) is 17.1. The Balaban J connectivity index is 1.45. The normalized spacial score (nSPS) is 10.5. The molecule has 3 N–H and O–H groups in total. The number of thiophene rings is 1. The molecule has 7 nitrogen and oxygen atoms in total. The number of anilines is 3. The molecule has 0 saturated heterocycles. The van der Waals surface area contributed by atoms with Crippen LogP contribution in [0, 0.1) is 6.92 Å². The number of amides is 1. The summed E-state index contributed by atoms with van der Waals surface area (Å²) >= 11 is 13.0. The van der Waals surface area contributed by atoms with Crippen molar-refractivity contribution in [2.45, 2.75) is 6.92 Å². The first-order chi connectivity index (χ1) is 13.0. The molecular weight excluding hydrogens is 407 g/mol. The second-order valence-electron chi connectivity index (χ2n) is 5.57. The summed E-state index contributed by atoms with van der Waals surface area (Å²) in [6, 6.07) is 8.98. The summed E-state index contributed by atoms with van der Waals surface area (Å²) in [5.74, 6) is 1.64. The van der Waals surface area contributed by atoms with E-state index < -0.39 is 0 Å². The lowest BCUT2D eigenvalue weighted by molar-refractivity contribution is 0.0956. The molecule has 0 aliphatic rings. The van der Waals surface area contributed by atoms with E-state index in [1.807, 2.05) is 19.1 Å². The molecular formula is C17H16Cl2N6OS. The Bertz CT molecular complexity index is 931. The van der Waals surface area contributed by atoms with E-state index in [0.29, 0.717) is 44.8 Å². The molecule has 10 heteroatoms. The van der Waals surface area contributed by atoms with Crippen LogP contribution >= 0.6 is 34.5 Å². The average molecular weight is 423 g/mol. The fourth-order valence-corrected chi connectivity index (χ4v) is 3.64. The fourth-order valence-electron chi connectivity index (χ4n) is 2.19. The Morgan fingerprint density at radius 2 is 1.85 bits per heavy atom. The molecule has 140 valence electrons. The third-order valence-corrected chi connectivity index (χ3v) is 4.94. The molecule has 0 spiro atoms. The minimum absolute atomic E-state index is 0.263. The highest BCUT2D eigenvalue weighted by atomic mass is 35.5. The van der Waals surface area contributed by atoms with Crippen molar-refractivity contribution in [2.75, 3.05) is 23.7 Å². The van der Waals surface area contributed by atoms with Crippen LogP contribution < -0.4 is 16.0 Å². The predicted octanol–water partition coefficient (Wildman–Crippen LogP) is 4.13. The van der Waals surface area contributed by atoms with Crippen LogP contribution in [0.4, 0.5) is 17.5 Å². The molecule has 0 aliphatic heterocycles. The van der Waals surface area contributed by atoms with Crippen molar-refractivity contribution in [2.24, 2.45) is 0 Å². The van der Waals surface area contributed by atoms with Gasteiger partial charge in [0.1, 0.15) is 16.0 Å². The zero-order valence-electron chi connectivity index (χ0n) is 14.3. The number of carbonyl (C=O) groups is 1. The molecule has 27 heavy (non-hydrogen) atoms. The number of pyridine rings is 1. The predicted molar refractivity (Wildman–Crippen MR) is 109 cm³/mol. The van der Waals surface area contributed by atoms with E-state index in [0.717, 1.165) is 16.9 Å². The van der Waals surface area contributed by atoms with Crippen molar-refractivity contribution in [3.63, 3.8) is 0 Å². The monoisotopic (exact) mass is 422 g/mol. The summed E-state index contributed by atoms with van der Waals surface area (Å²) in [6.45, 7) is 2.88. The quantitative estimate of drug-likeness (QED) is 0.495. The molecule has 0 saturated carbocycles. The minimum atomic E-state index is -0.263. The summed E-state index contributed by atoms with van der Waals surface area (Å²) in [7, 11) is 0. The van der Waals surface area contributed by atoms with E-state index in [2.05, 4.69) is 31.1 Å². The van der Waals surface area contributed by atoms with Crippen molar-refractivity contribution in [3.8, 4) is 0 Å². The molecule has 0 aromatic carbocycles. The van der Waals surface area contributed by atoms with Crippen LogP contribution in [0.15, 0.2) is 36.5 Å². The van der Waals surface area contributed by atoms with Gasteiger partial charge in [-0.2, -0.15) is 0 Å². The lowest BCUT2D eigenvalue weighted by atomic mass is 10.3. The lowest BCUT2D eigenvalue weighted by Crippen LogP contribution is -2.28. The van der Waals surface area contributed by atoms with Crippen LogP contribution in [0.3, 0.4) is 0 Å². The number of hydrogen-bond donors (Lipinski definition) is 3. The molecule has 0 bridgehead atoms. The van der Waals surface area contributed by atoms with Crippen molar-refractivity contribution in [3.05, 3.63) is 56.3 Å². The first kappa shape index (κ1) is 19.3. The zero-order valence-corrected chi connectivity index (χ0v) is 16.6. The maximum absolute atomic E-state index is 12.0. The number of rotatable bonds is 7. The largest absolute Gasteiger partial charge is 0.367 e. The number of nitrogens with one attached hydrogen (secondary N) is 3. The smallest absolute Gasteiger partial charge is 0.253 e. The third kappa shape index (κ3) is 5.53. The van der Waals surface area contributed by atoms with Gasteiger partial charge in [0.05, 0.1) is 9.90 Å². The summed E-state index contributed by atoms with van der Waals surface area (Å²) in [4.78, 5) is 16.2. The number of aromatic nitrogens is 3. The summed E-state index contributed by atoms with van der Waals surface area (Å²) in [6.07, 6.45) is 1.73.